The Balaban J connectivity index is 2.55. The van der Waals surface area contributed by atoms with Gasteiger partial charge in [-0.2, -0.15) is 0 Å². The molecule has 0 spiro atoms. The van der Waals surface area contributed by atoms with Gasteiger partial charge < -0.3 is 5.73 Å². The van der Waals surface area contributed by atoms with Crippen molar-refractivity contribution in [3.8, 4) is 5.69 Å². The molecule has 0 aliphatic carbocycles. The van der Waals surface area contributed by atoms with Crippen LogP contribution in [0.1, 0.15) is 36.4 Å². The molecule has 102 valence electrons. The summed E-state index contributed by atoms with van der Waals surface area (Å²) in [7, 11) is 0. The molecule has 0 radical (unpaired) electrons. The quantitative estimate of drug-likeness (QED) is 0.917. The highest BCUT2D eigenvalue weighted by molar-refractivity contribution is 5.43. The summed E-state index contributed by atoms with van der Waals surface area (Å²) in [5.74, 6) is 0.549. The first kappa shape index (κ1) is 13.7. The molecule has 1 aromatic heterocycles. The summed E-state index contributed by atoms with van der Waals surface area (Å²) < 4.78 is 1.95. The number of hydrogen-bond donors (Lipinski definition) is 1. The van der Waals surface area contributed by atoms with Gasteiger partial charge in [0.1, 0.15) is 0 Å². The van der Waals surface area contributed by atoms with E-state index in [-0.39, 0.29) is 0 Å². The molecule has 19 heavy (non-hydrogen) atoms. The van der Waals surface area contributed by atoms with E-state index in [1.54, 1.807) is 0 Å². The van der Waals surface area contributed by atoms with E-state index in [0.29, 0.717) is 12.5 Å². The SMILES string of the molecule is Cc1ccc(C)c(-n2nnc(CN)c2CC(C)C)c1. The summed E-state index contributed by atoms with van der Waals surface area (Å²) in [6.45, 7) is 9.01. The predicted molar refractivity (Wildman–Crippen MR) is 77.3 cm³/mol. The van der Waals surface area contributed by atoms with Crippen LogP contribution in [0.15, 0.2) is 18.2 Å². The third kappa shape index (κ3) is 2.84. The third-order valence-electron chi connectivity index (χ3n) is 3.23. The minimum Gasteiger partial charge on any atom is -0.325 e. The summed E-state index contributed by atoms with van der Waals surface area (Å²) >= 11 is 0. The largest absolute Gasteiger partial charge is 0.325 e. The number of nitrogens with two attached hydrogens (primary N) is 1. The Morgan fingerprint density at radius 3 is 2.63 bits per heavy atom. The molecule has 0 amide bonds. The first-order valence-corrected chi connectivity index (χ1v) is 6.74. The van der Waals surface area contributed by atoms with Gasteiger partial charge in [-0.3, -0.25) is 0 Å². The molecule has 2 N–H and O–H groups in total. The number of aromatic nitrogens is 3. The molecule has 1 aromatic carbocycles. The minimum absolute atomic E-state index is 0.437. The highest BCUT2D eigenvalue weighted by atomic mass is 15.4. The minimum atomic E-state index is 0.437. The molecule has 0 aliphatic heterocycles. The monoisotopic (exact) mass is 258 g/mol. The molecule has 0 unspecified atom stereocenters. The van der Waals surface area contributed by atoms with Crippen LogP contribution in [0.25, 0.3) is 5.69 Å². The maximum atomic E-state index is 5.77. The number of rotatable bonds is 4. The Labute approximate surface area is 114 Å². The van der Waals surface area contributed by atoms with Crippen LogP contribution in [-0.4, -0.2) is 15.0 Å². The van der Waals surface area contributed by atoms with Crippen molar-refractivity contribution in [3.05, 3.63) is 40.7 Å². The molecule has 0 saturated heterocycles. The molecule has 4 nitrogen and oxygen atoms in total. The molecule has 0 bridgehead atoms. The molecule has 0 atom stereocenters. The number of aryl methyl sites for hydroxylation is 2. The van der Waals surface area contributed by atoms with Crippen LogP contribution in [-0.2, 0) is 13.0 Å². The Morgan fingerprint density at radius 2 is 2.00 bits per heavy atom. The lowest BCUT2D eigenvalue weighted by Crippen LogP contribution is -2.10. The van der Waals surface area contributed by atoms with E-state index in [9.17, 15) is 0 Å². The molecule has 0 saturated carbocycles. The molecule has 0 fully saturated rings. The van der Waals surface area contributed by atoms with E-state index in [4.69, 9.17) is 5.73 Å². The smallest absolute Gasteiger partial charge is 0.0999 e. The van der Waals surface area contributed by atoms with Gasteiger partial charge in [-0.1, -0.05) is 31.2 Å². The number of hydrogen-bond acceptors (Lipinski definition) is 3. The number of nitrogens with zero attached hydrogens (tertiary/aromatic N) is 3. The van der Waals surface area contributed by atoms with Gasteiger partial charge in [-0.25, -0.2) is 4.68 Å². The van der Waals surface area contributed by atoms with E-state index in [2.05, 4.69) is 56.2 Å². The molecular formula is C15H22N4. The Hall–Kier alpha value is -1.68. The average Bonchev–Trinajstić information content (AvgIpc) is 2.74. The van der Waals surface area contributed by atoms with Crippen LogP contribution in [0.2, 0.25) is 0 Å². The van der Waals surface area contributed by atoms with Crippen LogP contribution in [0.4, 0.5) is 0 Å². The zero-order valence-electron chi connectivity index (χ0n) is 12.1. The molecule has 0 aliphatic rings. The van der Waals surface area contributed by atoms with Crippen molar-refractivity contribution in [2.75, 3.05) is 0 Å². The number of benzene rings is 1. The molecule has 2 aromatic rings. The normalized spacial score (nSPS) is 11.3. The molecule has 1 heterocycles. The zero-order chi connectivity index (χ0) is 14.0. The van der Waals surface area contributed by atoms with E-state index < -0.39 is 0 Å². The zero-order valence-corrected chi connectivity index (χ0v) is 12.1. The van der Waals surface area contributed by atoms with Crippen molar-refractivity contribution in [2.45, 2.75) is 40.7 Å². The van der Waals surface area contributed by atoms with Gasteiger partial charge in [0.15, 0.2) is 0 Å². The van der Waals surface area contributed by atoms with Crippen molar-refractivity contribution >= 4 is 0 Å². The fraction of sp³-hybridized carbons (Fsp3) is 0.467. The van der Waals surface area contributed by atoms with E-state index >= 15 is 0 Å². The van der Waals surface area contributed by atoms with Gasteiger partial charge in [-0.05, 0) is 43.4 Å². The van der Waals surface area contributed by atoms with E-state index in [0.717, 1.165) is 23.5 Å². The Morgan fingerprint density at radius 1 is 1.26 bits per heavy atom. The van der Waals surface area contributed by atoms with Crippen LogP contribution in [0.5, 0.6) is 0 Å². The summed E-state index contributed by atoms with van der Waals surface area (Å²) in [5.41, 5.74) is 11.3. The Bertz CT molecular complexity index is 570. The second kappa shape index (κ2) is 5.53. The van der Waals surface area contributed by atoms with Gasteiger partial charge >= 0.3 is 0 Å². The highest BCUT2D eigenvalue weighted by Gasteiger charge is 2.15. The van der Waals surface area contributed by atoms with Crippen LogP contribution >= 0.6 is 0 Å². The predicted octanol–water partition coefficient (Wildman–Crippen LogP) is 2.54. The van der Waals surface area contributed by atoms with E-state index in [1.807, 2.05) is 4.68 Å². The molecule has 4 heteroatoms. The van der Waals surface area contributed by atoms with Crippen molar-refractivity contribution < 1.29 is 0 Å². The second-order valence-electron chi connectivity index (χ2n) is 5.49. The summed E-state index contributed by atoms with van der Waals surface area (Å²) in [5, 5.41) is 8.52. The van der Waals surface area contributed by atoms with Crippen LogP contribution in [0.3, 0.4) is 0 Å². The van der Waals surface area contributed by atoms with Crippen molar-refractivity contribution in [2.24, 2.45) is 11.7 Å². The second-order valence-corrected chi connectivity index (χ2v) is 5.49. The Kier molecular flexibility index (Phi) is 4.00. The first-order valence-electron chi connectivity index (χ1n) is 6.74. The lowest BCUT2D eigenvalue weighted by atomic mass is 10.1. The fourth-order valence-electron chi connectivity index (χ4n) is 2.22. The average molecular weight is 258 g/mol. The van der Waals surface area contributed by atoms with Crippen molar-refractivity contribution in [1.82, 2.24) is 15.0 Å². The van der Waals surface area contributed by atoms with Gasteiger partial charge in [0.05, 0.1) is 17.1 Å². The summed E-state index contributed by atoms with van der Waals surface area (Å²) in [6, 6.07) is 6.38. The lowest BCUT2D eigenvalue weighted by Gasteiger charge is -2.12. The van der Waals surface area contributed by atoms with E-state index in [1.165, 1.54) is 11.1 Å². The third-order valence-corrected chi connectivity index (χ3v) is 3.23. The van der Waals surface area contributed by atoms with Gasteiger partial charge in [0.2, 0.25) is 0 Å². The summed E-state index contributed by atoms with van der Waals surface area (Å²) in [6.07, 6.45) is 0.937. The maximum Gasteiger partial charge on any atom is 0.0999 e. The standard InChI is InChI=1S/C15H22N4/c1-10(2)7-15-13(9-16)17-18-19(15)14-8-11(3)5-6-12(14)4/h5-6,8,10H,7,9,16H2,1-4H3. The van der Waals surface area contributed by atoms with Gasteiger partial charge in [0, 0.05) is 6.54 Å². The molecular weight excluding hydrogens is 236 g/mol. The maximum absolute atomic E-state index is 5.77. The van der Waals surface area contributed by atoms with Crippen molar-refractivity contribution in [1.29, 1.82) is 0 Å². The summed E-state index contributed by atoms with van der Waals surface area (Å²) in [4.78, 5) is 0. The van der Waals surface area contributed by atoms with Gasteiger partial charge in [0.25, 0.3) is 0 Å². The fourth-order valence-corrected chi connectivity index (χ4v) is 2.22. The molecule has 2 rings (SSSR count). The van der Waals surface area contributed by atoms with Gasteiger partial charge in [-0.15, -0.1) is 5.10 Å². The lowest BCUT2D eigenvalue weighted by molar-refractivity contribution is 0.610. The highest BCUT2D eigenvalue weighted by Crippen LogP contribution is 2.20. The van der Waals surface area contributed by atoms with Crippen molar-refractivity contribution in [3.63, 3.8) is 0 Å². The van der Waals surface area contributed by atoms with Crippen LogP contribution < -0.4 is 5.73 Å². The topological polar surface area (TPSA) is 56.7 Å². The van der Waals surface area contributed by atoms with Crippen LogP contribution in [0, 0.1) is 19.8 Å². The first-order chi connectivity index (χ1) is 9.02.